The number of aryl methyl sites for hydroxylation is 1. The number of carbonyl (C=O) groups is 2. The van der Waals surface area contributed by atoms with Gasteiger partial charge in [-0.2, -0.15) is 0 Å². The van der Waals surface area contributed by atoms with E-state index < -0.39 is 5.91 Å². The number of fused-ring (bicyclic) bond motifs is 2. The van der Waals surface area contributed by atoms with Crippen LogP contribution in [0.25, 0.3) is 10.8 Å². The SMILES string of the molecule is COc1cc2ccccc2cc1C(=O)Nc1sc2c(c1C(N)=O)CCCCC2. The summed E-state index contributed by atoms with van der Waals surface area (Å²) in [5.41, 5.74) is 7.58. The molecule has 1 aliphatic carbocycles. The number of ether oxygens (including phenoxy) is 1. The molecular weight excluding hydrogens is 372 g/mol. The highest BCUT2D eigenvalue weighted by Crippen LogP contribution is 2.38. The Bertz CT molecular complexity index is 1070. The standard InChI is InChI=1S/C22H22N2O3S/c1-27-17-12-14-8-6-5-7-13(14)11-16(17)21(26)24-22-19(20(23)25)15-9-3-2-4-10-18(15)28-22/h5-8,11-12H,2-4,9-10H2,1H3,(H2,23,25)(H,24,26). The summed E-state index contributed by atoms with van der Waals surface area (Å²) in [6.45, 7) is 0. The topological polar surface area (TPSA) is 81.4 Å². The van der Waals surface area contributed by atoms with Crippen LogP contribution >= 0.6 is 11.3 Å². The summed E-state index contributed by atoms with van der Waals surface area (Å²) < 4.78 is 5.44. The van der Waals surface area contributed by atoms with Crippen molar-refractivity contribution in [3.63, 3.8) is 0 Å². The number of amides is 2. The highest BCUT2D eigenvalue weighted by molar-refractivity contribution is 7.17. The van der Waals surface area contributed by atoms with Gasteiger partial charge in [0.15, 0.2) is 0 Å². The first-order valence-corrected chi connectivity index (χ1v) is 10.2. The van der Waals surface area contributed by atoms with Crippen LogP contribution in [0.4, 0.5) is 5.00 Å². The second-order valence-electron chi connectivity index (χ2n) is 6.99. The maximum atomic E-state index is 13.1. The highest BCUT2D eigenvalue weighted by atomic mass is 32.1. The predicted octanol–water partition coefficient (Wildman–Crippen LogP) is 4.53. The zero-order valence-corrected chi connectivity index (χ0v) is 16.5. The minimum absolute atomic E-state index is 0.304. The highest BCUT2D eigenvalue weighted by Gasteiger charge is 2.25. The van der Waals surface area contributed by atoms with E-state index in [4.69, 9.17) is 10.5 Å². The lowest BCUT2D eigenvalue weighted by Crippen LogP contribution is -2.18. The fourth-order valence-corrected chi connectivity index (χ4v) is 5.12. The molecule has 3 aromatic rings. The molecule has 4 rings (SSSR count). The van der Waals surface area contributed by atoms with E-state index in [1.807, 2.05) is 36.4 Å². The van der Waals surface area contributed by atoms with E-state index in [1.54, 1.807) is 7.11 Å². The summed E-state index contributed by atoms with van der Waals surface area (Å²) in [7, 11) is 1.54. The summed E-state index contributed by atoms with van der Waals surface area (Å²) in [5.74, 6) is -0.295. The number of nitrogens with two attached hydrogens (primary N) is 1. The Morgan fingerprint density at radius 1 is 1.07 bits per heavy atom. The van der Waals surface area contributed by atoms with E-state index in [0.29, 0.717) is 21.9 Å². The Morgan fingerprint density at radius 3 is 2.50 bits per heavy atom. The number of carbonyl (C=O) groups excluding carboxylic acids is 2. The van der Waals surface area contributed by atoms with Crippen molar-refractivity contribution in [2.24, 2.45) is 5.73 Å². The van der Waals surface area contributed by atoms with Crippen molar-refractivity contribution >= 4 is 38.9 Å². The van der Waals surface area contributed by atoms with E-state index in [1.165, 1.54) is 11.3 Å². The van der Waals surface area contributed by atoms with E-state index >= 15 is 0 Å². The van der Waals surface area contributed by atoms with Gasteiger partial charge in [-0.3, -0.25) is 9.59 Å². The van der Waals surface area contributed by atoms with Crippen LogP contribution in [0.1, 0.15) is 50.4 Å². The molecule has 6 heteroatoms. The number of primary amides is 1. The second kappa shape index (κ2) is 7.64. The van der Waals surface area contributed by atoms with Crippen molar-refractivity contribution in [1.82, 2.24) is 0 Å². The van der Waals surface area contributed by atoms with Crippen LogP contribution in [0.5, 0.6) is 5.75 Å². The maximum Gasteiger partial charge on any atom is 0.260 e. The molecule has 28 heavy (non-hydrogen) atoms. The Morgan fingerprint density at radius 2 is 1.79 bits per heavy atom. The molecule has 3 N–H and O–H groups in total. The molecular formula is C22H22N2O3S. The van der Waals surface area contributed by atoms with Crippen molar-refractivity contribution in [3.8, 4) is 5.75 Å². The number of benzene rings is 2. The molecule has 0 fully saturated rings. The van der Waals surface area contributed by atoms with Crippen molar-refractivity contribution in [1.29, 1.82) is 0 Å². The van der Waals surface area contributed by atoms with Crippen LogP contribution < -0.4 is 15.8 Å². The number of methoxy groups -OCH3 is 1. The fraction of sp³-hybridized carbons (Fsp3) is 0.273. The van der Waals surface area contributed by atoms with Gasteiger partial charge in [0.25, 0.3) is 11.8 Å². The monoisotopic (exact) mass is 394 g/mol. The van der Waals surface area contributed by atoms with Crippen LogP contribution in [0.15, 0.2) is 36.4 Å². The Balaban J connectivity index is 1.73. The maximum absolute atomic E-state index is 13.1. The molecule has 0 unspecified atom stereocenters. The van der Waals surface area contributed by atoms with Crippen LogP contribution in [0, 0.1) is 0 Å². The first kappa shape index (κ1) is 18.5. The number of hydrogen-bond donors (Lipinski definition) is 2. The van der Waals surface area contributed by atoms with E-state index in [2.05, 4.69) is 5.32 Å². The van der Waals surface area contributed by atoms with Gasteiger partial charge in [-0.1, -0.05) is 30.7 Å². The molecule has 0 saturated carbocycles. The van der Waals surface area contributed by atoms with Crippen molar-refractivity contribution < 1.29 is 14.3 Å². The first-order chi connectivity index (χ1) is 13.6. The van der Waals surface area contributed by atoms with Gasteiger partial charge >= 0.3 is 0 Å². The molecule has 1 aromatic heterocycles. The lowest BCUT2D eigenvalue weighted by Gasteiger charge is -2.11. The Labute approximate surface area is 167 Å². The van der Waals surface area contributed by atoms with Crippen molar-refractivity contribution in [2.75, 3.05) is 12.4 Å². The number of thiophene rings is 1. The van der Waals surface area contributed by atoms with Gasteiger partial charge in [0, 0.05) is 4.88 Å². The van der Waals surface area contributed by atoms with Gasteiger partial charge in [0.1, 0.15) is 10.8 Å². The zero-order valence-electron chi connectivity index (χ0n) is 15.7. The minimum Gasteiger partial charge on any atom is -0.496 e. The summed E-state index contributed by atoms with van der Waals surface area (Å²) in [4.78, 5) is 26.4. The molecule has 0 atom stereocenters. The minimum atomic E-state index is -0.486. The van der Waals surface area contributed by atoms with E-state index in [-0.39, 0.29) is 5.91 Å². The van der Waals surface area contributed by atoms with Crippen molar-refractivity contribution in [3.05, 3.63) is 58.0 Å². The molecule has 0 aliphatic heterocycles. The van der Waals surface area contributed by atoms with Gasteiger partial charge < -0.3 is 15.8 Å². The third-order valence-corrected chi connectivity index (χ3v) is 6.41. The van der Waals surface area contributed by atoms with Crippen LogP contribution in [-0.2, 0) is 12.8 Å². The number of anilines is 1. The summed E-state index contributed by atoms with van der Waals surface area (Å²) in [6, 6.07) is 11.5. The third kappa shape index (κ3) is 3.36. The van der Waals surface area contributed by atoms with Gasteiger partial charge in [0.05, 0.1) is 18.2 Å². The molecule has 0 saturated heterocycles. The summed E-state index contributed by atoms with van der Waals surface area (Å²) >= 11 is 1.47. The molecule has 1 heterocycles. The summed E-state index contributed by atoms with van der Waals surface area (Å²) in [5, 5.41) is 5.41. The van der Waals surface area contributed by atoms with Crippen molar-refractivity contribution in [2.45, 2.75) is 32.1 Å². The molecule has 2 amide bonds. The Hall–Kier alpha value is -2.86. The number of hydrogen-bond acceptors (Lipinski definition) is 4. The molecule has 1 aliphatic rings. The predicted molar refractivity (Wildman–Crippen MR) is 113 cm³/mol. The molecule has 144 valence electrons. The van der Waals surface area contributed by atoms with Crippen LogP contribution in [0.3, 0.4) is 0 Å². The van der Waals surface area contributed by atoms with E-state index in [9.17, 15) is 9.59 Å². The largest absolute Gasteiger partial charge is 0.496 e. The smallest absolute Gasteiger partial charge is 0.260 e. The normalized spacial score (nSPS) is 13.6. The van der Waals surface area contributed by atoms with E-state index in [0.717, 1.165) is 53.3 Å². The molecule has 2 aromatic carbocycles. The third-order valence-electron chi connectivity index (χ3n) is 5.21. The lowest BCUT2D eigenvalue weighted by molar-refractivity contribution is 0.100. The van der Waals surface area contributed by atoms with Gasteiger partial charge in [0.2, 0.25) is 0 Å². The fourth-order valence-electron chi connectivity index (χ4n) is 3.83. The van der Waals surface area contributed by atoms with Gasteiger partial charge in [-0.05, 0) is 54.2 Å². The second-order valence-corrected chi connectivity index (χ2v) is 8.09. The zero-order chi connectivity index (χ0) is 19.7. The molecule has 0 radical (unpaired) electrons. The number of nitrogens with one attached hydrogen (secondary N) is 1. The average molecular weight is 394 g/mol. The van der Waals surface area contributed by atoms with Gasteiger partial charge in [-0.25, -0.2) is 0 Å². The average Bonchev–Trinajstić information content (AvgIpc) is 2.87. The molecule has 5 nitrogen and oxygen atoms in total. The first-order valence-electron chi connectivity index (χ1n) is 9.41. The Kier molecular flexibility index (Phi) is 5.05. The lowest BCUT2D eigenvalue weighted by atomic mass is 10.0. The van der Waals surface area contributed by atoms with Crippen LogP contribution in [-0.4, -0.2) is 18.9 Å². The van der Waals surface area contributed by atoms with Gasteiger partial charge in [-0.15, -0.1) is 11.3 Å². The quantitative estimate of drug-likeness (QED) is 0.638. The number of rotatable bonds is 4. The van der Waals surface area contributed by atoms with Crippen LogP contribution in [0.2, 0.25) is 0 Å². The summed E-state index contributed by atoms with van der Waals surface area (Å²) in [6.07, 6.45) is 5.04. The molecule has 0 spiro atoms. The molecule has 0 bridgehead atoms.